The van der Waals surface area contributed by atoms with Gasteiger partial charge in [-0.3, -0.25) is 14.9 Å². The summed E-state index contributed by atoms with van der Waals surface area (Å²) >= 11 is 0. The number of carbonyl (C=O) groups excluding carboxylic acids is 2. The Morgan fingerprint density at radius 3 is 2.16 bits per heavy atom. The minimum atomic E-state index is -0.656. The highest BCUT2D eigenvalue weighted by Crippen LogP contribution is 2.23. The number of carbonyl (C=O) groups is 2. The molecular weight excluding hydrogens is 416 g/mol. The predicted octanol–water partition coefficient (Wildman–Crippen LogP) is 4.15. The number of nitrogens with zero attached hydrogens (tertiary/aromatic N) is 1. The van der Waals surface area contributed by atoms with Crippen LogP contribution in [0.4, 0.5) is 11.4 Å². The van der Waals surface area contributed by atoms with E-state index in [-0.39, 0.29) is 24.0 Å². The third-order valence-corrected chi connectivity index (χ3v) is 4.42. The summed E-state index contributed by atoms with van der Waals surface area (Å²) in [4.78, 5) is 34.7. The van der Waals surface area contributed by atoms with Gasteiger partial charge in [-0.05, 0) is 67.6 Å². The van der Waals surface area contributed by atoms with Crippen molar-refractivity contribution >= 4 is 23.3 Å². The van der Waals surface area contributed by atoms with Gasteiger partial charge in [-0.2, -0.15) is 0 Å². The van der Waals surface area contributed by atoms with Crippen LogP contribution < -0.4 is 19.5 Å². The van der Waals surface area contributed by atoms with Gasteiger partial charge < -0.3 is 19.5 Å². The van der Waals surface area contributed by atoms with Crippen LogP contribution in [-0.2, 0) is 4.79 Å². The van der Waals surface area contributed by atoms with Crippen LogP contribution in [0, 0.1) is 17.0 Å². The van der Waals surface area contributed by atoms with Crippen molar-refractivity contribution in [3.63, 3.8) is 0 Å². The second-order valence-corrected chi connectivity index (χ2v) is 6.68. The van der Waals surface area contributed by atoms with Gasteiger partial charge in [0, 0.05) is 22.9 Å². The topological polar surface area (TPSA) is 117 Å². The number of ether oxygens (including phenoxy) is 3. The van der Waals surface area contributed by atoms with E-state index in [0.29, 0.717) is 28.3 Å². The molecule has 0 radical (unpaired) electrons. The largest absolute Gasteiger partial charge is 0.497 e. The number of hydrogen-bond donors (Lipinski definition) is 1. The van der Waals surface area contributed by atoms with Crippen molar-refractivity contribution in [2.45, 2.75) is 6.92 Å². The van der Waals surface area contributed by atoms with E-state index in [2.05, 4.69) is 5.32 Å². The fourth-order valence-corrected chi connectivity index (χ4v) is 2.78. The van der Waals surface area contributed by atoms with E-state index in [1.807, 2.05) is 0 Å². The third-order valence-electron chi connectivity index (χ3n) is 4.42. The highest BCUT2D eigenvalue weighted by Gasteiger charge is 2.13. The lowest BCUT2D eigenvalue weighted by Crippen LogP contribution is -2.18. The number of benzene rings is 3. The first-order chi connectivity index (χ1) is 15.4. The van der Waals surface area contributed by atoms with Gasteiger partial charge in [0.15, 0.2) is 6.61 Å². The molecule has 1 amide bonds. The van der Waals surface area contributed by atoms with Gasteiger partial charge in [0.2, 0.25) is 0 Å². The van der Waals surface area contributed by atoms with Crippen molar-refractivity contribution in [1.29, 1.82) is 0 Å². The number of esters is 1. The maximum absolute atomic E-state index is 12.3. The molecule has 0 atom stereocenters. The Kier molecular flexibility index (Phi) is 7.02. The smallest absolute Gasteiger partial charge is 0.349 e. The summed E-state index contributed by atoms with van der Waals surface area (Å²) < 4.78 is 15.6. The number of nitro groups is 1. The average Bonchev–Trinajstić information content (AvgIpc) is 2.78. The number of rotatable bonds is 8. The summed E-state index contributed by atoms with van der Waals surface area (Å²) in [5.41, 5.74) is 1.39. The van der Waals surface area contributed by atoms with Gasteiger partial charge in [-0.1, -0.05) is 0 Å². The Bertz CT molecular complexity index is 1130. The van der Waals surface area contributed by atoms with Gasteiger partial charge >= 0.3 is 5.97 Å². The van der Waals surface area contributed by atoms with E-state index >= 15 is 0 Å². The molecule has 0 spiro atoms. The molecule has 9 heteroatoms. The lowest BCUT2D eigenvalue weighted by molar-refractivity contribution is -0.385. The number of aryl methyl sites for hydroxylation is 1. The minimum Gasteiger partial charge on any atom is -0.497 e. The van der Waals surface area contributed by atoms with Gasteiger partial charge in [0.25, 0.3) is 11.6 Å². The first-order valence-electron chi connectivity index (χ1n) is 9.49. The molecule has 0 aliphatic rings. The number of nitro benzene ring substituents is 1. The summed E-state index contributed by atoms with van der Waals surface area (Å²) in [6.45, 7) is 1.20. The molecule has 0 saturated heterocycles. The fourth-order valence-electron chi connectivity index (χ4n) is 2.78. The maximum Gasteiger partial charge on any atom is 0.349 e. The Balaban J connectivity index is 1.52. The molecule has 0 bridgehead atoms. The van der Waals surface area contributed by atoms with Gasteiger partial charge in [0.1, 0.15) is 17.2 Å². The van der Waals surface area contributed by atoms with Crippen molar-refractivity contribution in [2.24, 2.45) is 0 Å². The molecule has 3 aromatic rings. The van der Waals surface area contributed by atoms with Crippen molar-refractivity contribution in [3.05, 3.63) is 88.0 Å². The lowest BCUT2D eigenvalue weighted by Gasteiger charge is -2.09. The Hall–Kier alpha value is -4.40. The van der Waals surface area contributed by atoms with Gasteiger partial charge in [-0.15, -0.1) is 0 Å². The molecule has 0 aliphatic heterocycles. The third kappa shape index (κ3) is 5.82. The van der Waals surface area contributed by atoms with Crippen LogP contribution in [0.3, 0.4) is 0 Å². The number of nitrogens with one attached hydrogen (secondary N) is 1. The molecule has 1 N–H and O–H groups in total. The molecule has 0 fully saturated rings. The molecule has 0 aliphatic carbocycles. The molecule has 3 rings (SSSR count). The molecule has 0 aromatic heterocycles. The molecule has 9 nitrogen and oxygen atoms in total. The van der Waals surface area contributed by atoms with Crippen molar-refractivity contribution in [2.75, 3.05) is 19.0 Å². The van der Waals surface area contributed by atoms with E-state index in [9.17, 15) is 19.7 Å². The summed E-state index contributed by atoms with van der Waals surface area (Å²) in [6, 6.07) is 17.2. The van der Waals surface area contributed by atoms with E-state index in [0.717, 1.165) is 0 Å². The van der Waals surface area contributed by atoms with Crippen LogP contribution in [0.25, 0.3) is 0 Å². The first kappa shape index (κ1) is 22.3. The number of anilines is 1. The maximum atomic E-state index is 12.3. The van der Waals surface area contributed by atoms with Crippen molar-refractivity contribution in [1.82, 2.24) is 0 Å². The van der Waals surface area contributed by atoms with Crippen LogP contribution >= 0.6 is 0 Å². The first-order valence-corrected chi connectivity index (χ1v) is 9.49. The minimum absolute atomic E-state index is 0.0314. The number of methoxy groups -OCH3 is 1. The molecule has 0 unspecified atom stereocenters. The Labute approximate surface area is 183 Å². The molecule has 0 heterocycles. The van der Waals surface area contributed by atoms with E-state index < -0.39 is 10.9 Å². The lowest BCUT2D eigenvalue weighted by atomic mass is 10.2. The zero-order valence-electron chi connectivity index (χ0n) is 17.4. The SMILES string of the molecule is COc1ccc(NC(=O)c2ccc(OC(=O)COc3ccc([N+](=O)[O-])c(C)c3)cc2)cc1. The molecule has 32 heavy (non-hydrogen) atoms. The fraction of sp³-hybridized carbons (Fsp3) is 0.130. The van der Waals surface area contributed by atoms with Crippen LogP contribution in [0.1, 0.15) is 15.9 Å². The van der Waals surface area contributed by atoms with E-state index in [1.165, 1.54) is 42.5 Å². The molecule has 3 aromatic carbocycles. The monoisotopic (exact) mass is 436 g/mol. The number of amides is 1. The molecule has 0 saturated carbocycles. The van der Waals surface area contributed by atoms with Crippen molar-refractivity contribution in [3.8, 4) is 17.2 Å². The standard InChI is InChI=1S/C23H20N2O7/c1-15-13-20(11-12-21(15)25(28)29)31-14-22(26)32-19-7-3-16(4-8-19)23(27)24-17-5-9-18(30-2)10-6-17/h3-13H,14H2,1-2H3,(H,24,27). The van der Waals surface area contributed by atoms with Crippen LogP contribution in [0.15, 0.2) is 66.7 Å². The summed E-state index contributed by atoms with van der Waals surface area (Å²) in [7, 11) is 1.56. The van der Waals surface area contributed by atoms with Crippen LogP contribution in [-0.4, -0.2) is 30.5 Å². The van der Waals surface area contributed by atoms with Crippen molar-refractivity contribution < 1.29 is 28.7 Å². The average molecular weight is 436 g/mol. The second-order valence-electron chi connectivity index (χ2n) is 6.68. The van der Waals surface area contributed by atoms with Crippen LogP contribution in [0.5, 0.6) is 17.2 Å². The Morgan fingerprint density at radius 1 is 0.938 bits per heavy atom. The quantitative estimate of drug-likeness (QED) is 0.244. The van der Waals surface area contributed by atoms with E-state index in [4.69, 9.17) is 14.2 Å². The predicted molar refractivity (Wildman–Crippen MR) is 116 cm³/mol. The summed E-state index contributed by atoms with van der Waals surface area (Å²) in [5.74, 6) is 0.276. The van der Waals surface area contributed by atoms with Gasteiger partial charge in [-0.25, -0.2) is 4.79 Å². The highest BCUT2D eigenvalue weighted by atomic mass is 16.6. The summed E-state index contributed by atoms with van der Waals surface area (Å²) in [6.07, 6.45) is 0. The second kappa shape index (κ2) is 10.1. The van der Waals surface area contributed by atoms with Crippen LogP contribution in [0.2, 0.25) is 0 Å². The highest BCUT2D eigenvalue weighted by molar-refractivity contribution is 6.04. The zero-order valence-corrected chi connectivity index (χ0v) is 17.4. The summed E-state index contributed by atoms with van der Waals surface area (Å²) in [5, 5.41) is 13.6. The van der Waals surface area contributed by atoms with Gasteiger partial charge in [0.05, 0.1) is 12.0 Å². The van der Waals surface area contributed by atoms with E-state index in [1.54, 1.807) is 38.3 Å². The normalized spacial score (nSPS) is 10.2. The molecule has 164 valence electrons. The number of hydrogen-bond acceptors (Lipinski definition) is 7. The molecular formula is C23H20N2O7. The Morgan fingerprint density at radius 2 is 1.56 bits per heavy atom. The zero-order chi connectivity index (χ0) is 23.1.